The number of esters is 1. The fourth-order valence-corrected chi connectivity index (χ4v) is 1.48. The molecule has 0 saturated carbocycles. The first-order valence-corrected chi connectivity index (χ1v) is 6.44. The molecule has 0 heterocycles. The van der Waals surface area contributed by atoms with Crippen LogP contribution in [0.4, 0.5) is 4.79 Å². The van der Waals surface area contributed by atoms with Crippen LogP contribution < -0.4 is 10.6 Å². The highest BCUT2D eigenvalue weighted by atomic mass is 16.6. The number of ether oxygens (including phenoxy) is 2. The van der Waals surface area contributed by atoms with E-state index in [1.807, 2.05) is 18.2 Å². The van der Waals surface area contributed by atoms with Gasteiger partial charge in [0, 0.05) is 7.05 Å². The third kappa shape index (κ3) is 5.52. The van der Waals surface area contributed by atoms with Gasteiger partial charge >= 0.3 is 12.1 Å². The number of nitrogens with one attached hydrogen (secondary N) is 2. The van der Waals surface area contributed by atoms with E-state index in [1.54, 1.807) is 19.1 Å². The Bertz CT molecular complexity index is 489. The van der Waals surface area contributed by atoms with E-state index in [1.165, 1.54) is 7.05 Å². The molecule has 21 heavy (non-hydrogen) atoms. The Balaban J connectivity index is 2.55. The van der Waals surface area contributed by atoms with Crippen LogP contribution in [0.2, 0.25) is 0 Å². The average Bonchev–Trinajstić information content (AvgIpc) is 2.51. The normalized spacial score (nSPS) is 11.1. The van der Waals surface area contributed by atoms with Crippen molar-refractivity contribution in [1.29, 1.82) is 0 Å². The van der Waals surface area contributed by atoms with E-state index in [0.29, 0.717) is 0 Å². The molecule has 1 aromatic carbocycles. The Labute approximate surface area is 122 Å². The van der Waals surface area contributed by atoms with Gasteiger partial charge in [-0.05, 0) is 12.5 Å². The number of hydrogen-bond acceptors (Lipinski definition) is 5. The van der Waals surface area contributed by atoms with Gasteiger partial charge in [0.1, 0.15) is 6.61 Å². The lowest BCUT2D eigenvalue weighted by molar-refractivity contribution is -0.148. The molecule has 0 spiro atoms. The first-order valence-electron chi connectivity index (χ1n) is 6.44. The predicted octanol–water partition coefficient (Wildman–Crippen LogP) is 0.590. The molecule has 0 bridgehead atoms. The van der Waals surface area contributed by atoms with E-state index in [2.05, 4.69) is 10.6 Å². The predicted molar refractivity (Wildman–Crippen MR) is 74.3 cm³/mol. The van der Waals surface area contributed by atoms with E-state index in [4.69, 9.17) is 9.47 Å². The Kier molecular flexibility index (Phi) is 6.73. The summed E-state index contributed by atoms with van der Waals surface area (Å²) in [5.74, 6) is -1.52. The van der Waals surface area contributed by atoms with Crippen LogP contribution >= 0.6 is 0 Å². The van der Waals surface area contributed by atoms with Gasteiger partial charge in [0.25, 0.3) is 5.91 Å². The maximum absolute atomic E-state index is 11.6. The van der Waals surface area contributed by atoms with Crippen LogP contribution in [0.15, 0.2) is 30.3 Å². The minimum absolute atomic E-state index is 0.0377. The van der Waals surface area contributed by atoms with Crippen LogP contribution in [0.1, 0.15) is 12.5 Å². The molecule has 2 amide bonds. The van der Waals surface area contributed by atoms with Crippen molar-refractivity contribution in [2.45, 2.75) is 19.6 Å². The molecule has 114 valence electrons. The largest absolute Gasteiger partial charge is 0.464 e. The van der Waals surface area contributed by atoms with E-state index in [0.717, 1.165) is 5.56 Å². The summed E-state index contributed by atoms with van der Waals surface area (Å²) >= 11 is 0. The van der Waals surface area contributed by atoms with Crippen molar-refractivity contribution in [3.05, 3.63) is 35.9 Å². The summed E-state index contributed by atoms with van der Waals surface area (Å²) in [5.41, 5.74) is 0.792. The van der Waals surface area contributed by atoms with Crippen LogP contribution in [0.5, 0.6) is 0 Å². The molecule has 7 heteroatoms. The summed E-state index contributed by atoms with van der Waals surface area (Å²) in [6.45, 7) is 1.75. The van der Waals surface area contributed by atoms with E-state index < -0.39 is 24.0 Å². The highest BCUT2D eigenvalue weighted by Gasteiger charge is 2.29. The lowest BCUT2D eigenvalue weighted by atomic mass is 10.2. The number of alkyl carbamates (subject to hydrolysis) is 1. The fraction of sp³-hybridized carbons (Fsp3) is 0.357. The van der Waals surface area contributed by atoms with Gasteiger partial charge in [0.2, 0.25) is 6.04 Å². The molecule has 0 fully saturated rings. The molecule has 2 N–H and O–H groups in total. The molecule has 1 aromatic rings. The topological polar surface area (TPSA) is 93.7 Å². The average molecular weight is 294 g/mol. The molecule has 0 aromatic heterocycles. The van der Waals surface area contributed by atoms with Crippen LogP contribution in [0, 0.1) is 0 Å². The number of rotatable bonds is 6. The summed E-state index contributed by atoms with van der Waals surface area (Å²) in [6, 6.07) is 7.60. The highest BCUT2D eigenvalue weighted by Crippen LogP contribution is 2.01. The number of hydrogen-bond donors (Lipinski definition) is 2. The van der Waals surface area contributed by atoms with Crippen molar-refractivity contribution in [2.24, 2.45) is 0 Å². The second-order valence-corrected chi connectivity index (χ2v) is 4.01. The first-order chi connectivity index (χ1) is 10.1. The molecule has 0 aliphatic carbocycles. The Morgan fingerprint density at radius 2 is 1.81 bits per heavy atom. The van der Waals surface area contributed by atoms with Gasteiger partial charge in [0.15, 0.2) is 0 Å². The molecule has 1 unspecified atom stereocenters. The number of benzene rings is 1. The zero-order valence-electron chi connectivity index (χ0n) is 11.9. The number of likely N-dealkylation sites (N-methyl/N-ethyl adjacent to an activating group) is 1. The first kappa shape index (κ1) is 16.5. The smallest absolute Gasteiger partial charge is 0.408 e. The summed E-state index contributed by atoms with van der Waals surface area (Å²) < 4.78 is 9.66. The zero-order chi connectivity index (χ0) is 15.7. The molecule has 1 rings (SSSR count). The van der Waals surface area contributed by atoms with Crippen LogP contribution in [-0.4, -0.2) is 37.7 Å². The monoisotopic (exact) mass is 294 g/mol. The molecule has 0 radical (unpaired) electrons. The maximum Gasteiger partial charge on any atom is 0.408 e. The van der Waals surface area contributed by atoms with Gasteiger partial charge in [-0.2, -0.15) is 0 Å². The van der Waals surface area contributed by atoms with Gasteiger partial charge in [-0.1, -0.05) is 30.3 Å². The Hall–Kier alpha value is -2.57. The van der Waals surface area contributed by atoms with Crippen molar-refractivity contribution < 1.29 is 23.9 Å². The van der Waals surface area contributed by atoms with E-state index in [9.17, 15) is 14.4 Å². The van der Waals surface area contributed by atoms with E-state index in [-0.39, 0.29) is 13.2 Å². The summed E-state index contributed by atoms with van der Waals surface area (Å²) in [7, 11) is 1.35. The minimum atomic E-state index is -1.43. The van der Waals surface area contributed by atoms with E-state index >= 15 is 0 Å². The quantitative estimate of drug-likeness (QED) is 0.591. The van der Waals surface area contributed by atoms with Crippen molar-refractivity contribution in [1.82, 2.24) is 10.6 Å². The van der Waals surface area contributed by atoms with Gasteiger partial charge in [-0.15, -0.1) is 0 Å². The molecule has 7 nitrogen and oxygen atoms in total. The second kappa shape index (κ2) is 8.57. The summed E-state index contributed by atoms with van der Waals surface area (Å²) in [5, 5.41) is 4.45. The molecule has 0 aliphatic rings. The molecular weight excluding hydrogens is 276 g/mol. The molecule has 0 aliphatic heterocycles. The van der Waals surface area contributed by atoms with Crippen LogP contribution in [-0.2, 0) is 25.7 Å². The molecule has 0 saturated heterocycles. The van der Waals surface area contributed by atoms with Gasteiger partial charge in [-0.25, -0.2) is 9.59 Å². The molecule has 1 atom stereocenters. The van der Waals surface area contributed by atoms with Crippen LogP contribution in [0.3, 0.4) is 0 Å². The third-order valence-electron chi connectivity index (χ3n) is 2.51. The zero-order valence-corrected chi connectivity index (χ0v) is 11.9. The minimum Gasteiger partial charge on any atom is -0.464 e. The Morgan fingerprint density at radius 1 is 1.14 bits per heavy atom. The number of carbonyl (C=O) groups excluding carboxylic acids is 3. The maximum atomic E-state index is 11.6. The van der Waals surface area contributed by atoms with Crippen molar-refractivity contribution >= 4 is 18.0 Å². The lowest BCUT2D eigenvalue weighted by Gasteiger charge is -2.15. The number of amides is 2. The fourth-order valence-electron chi connectivity index (χ4n) is 1.48. The standard InChI is InChI=1S/C14H18N2O5/c1-3-20-13(18)11(12(17)15-2)16-14(19)21-9-10-7-5-4-6-8-10/h4-8,11H,3,9H2,1-2H3,(H,15,17)(H,16,19). The van der Waals surface area contributed by atoms with Gasteiger partial charge in [-0.3, -0.25) is 10.1 Å². The Morgan fingerprint density at radius 3 is 2.38 bits per heavy atom. The van der Waals surface area contributed by atoms with Gasteiger partial charge in [0.05, 0.1) is 6.61 Å². The lowest BCUT2D eigenvalue weighted by Crippen LogP contribution is -2.51. The molecular formula is C14H18N2O5. The van der Waals surface area contributed by atoms with Crippen molar-refractivity contribution in [2.75, 3.05) is 13.7 Å². The highest BCUT2D eigenvalue weighted by molar-refractivity contribution is 6.04. The number of carbonyl (C=O) groups is 3. The second-order valence-electron chi connectivity index (χ2n) is 4.01. The summed E-state index contributed by atoms with van der Waals surface area (Å²) in [4.78, 5) is 34.8. The third-order valence-corrected chi connectivity index (χ3v) is 2.51. The summed E-state index contributed by atoms with van der Waals surface area (Å²) in [6.07, 6.45) is -0.875. The SMILES string of the molecule is CCOC(=O)C(NC(=O)OCc1ccccc1)C(=O)NC. The van der Waals surface area contributed by atoms with Crippen molar-refractivity contribution in [3.63, 3.8) is 0 Å². The van der Waals surface area contributed by atoms with Crippen LogP contribution in [0.25, 0.3) is 0 Å². The van der Waals surface area contributed by atoms with Crippen molar-refractivity contribution in [3.8, 4) is 0 Å². The van der Waals surface area contributed by atoms with Gasteiger partial charge < -0.3 is 14.8 Å².